The summed E-state index contributed by atoms with van der Waals surface area (Å²) in [6, 6.07) is -0.333. The number of nitrogens with zero attached hydrogens (tertiary/aromatic N) is 1. The summed E-state index contributed by atoms with van der Waals surface area (Å²) in [5.41, 5.74) is 5.82. The van der Waals surface area contributed by atoms with Crippen LogP contribution >= 0.6 is 0 Å². The van der Waals surface area contributed by atoms with Gasteiger partial charge in [0, 0.05) is 19.7 Å². The quantitative estimate of drug-likeness (QED) is 0.754. The summed E-state index contributed by atoms with van der Waals surface area (Å²) in [5, 5.41) is 0. The van der Waals surface area contributed by atoms with Crippen molar-refractivity contribution in [1.29, 1.82) is 0 Å². The molecular weight excluding hydrogens is 192 g/mol. The SMILES string of the molecule is CCCC(N)C(=O)N1CCCOC(C)C1. The largest absolute Gasteiger partial charge is 0.377 e. The topological polar surface area (TPSA) is 55.6 Å². The Morgan fingerprint density at radius 3 is 3.07 bits per heavy atom. The molecule has 4 heteroatoms. The van der Waals surface area contributed by atoms with Crippen molar-refractivity contribution in [3.63, 3.8) is 0 Å². The molecule has 1 heterocycles. The molecule has 1 fully saturated rings. The van der Waals surface area contributed by atoms with Crippen molar-refractivity contribution in [1.82, 2.24) is 4.90 Å². The van der Waals surface area contributed by atoms with Gasteiger partial charge >= 0.3 is 0 Å². The maximum absolute atomic E-state index is 11.9. The number of carbonyl (C=O) groups is 1. The van der Waals surface area contributed by atoms with Crippen LogP contribution in [-0.2, 0) is 9.53 Å². The Hall–Kier alpha value is -0.610. The summed E-state index contributed by atoms with van der Waals surface area (Å²) in [5.74, 6) is 0.0780. The summed E-state index contributed by atoms with van der Waals surface area (Å²) in [6.07, 6.45) is 2.76. The highest BCUT2D eigenvalue weighted by molar-refractivity contribution is 5.81. The fourth-order valence-corrected chi connectivity index (χ4v) is 1.86. The average Bonchev–Trinajstić information content (AvgIpc) is 2.42. The monoisotopic (exact) mass is 214 g/mol. The molecule has 0 aromatic carbocycles. The lowest BCUT2D eigenvalue weighted by atomic mass is 10.1. The first-order valence-electron chi connectivity index (χ1n) is 5.81. The van der Waals surface area contributed by atoms with Gasteiger partial charge in [-0.2, -0.15) is 0 Å². The van der Waals surface area contributed by atoms with Gasteiger partial charge in [0.15, 0.2) is 0 Å². The maximum atomic E-state index is 11.9. The molecule has 0 saturated carbocycles. The van der Waals surface area contributed by atoms with Crippen LogP contribution in [0.25, 0.3) is 0 Å². The van der Waals surface area contributed by atoms with Crippen LogP contribution in [0.15, 0.2) is 0 Å². The molecule has 1 aliphatic rings. The molecule has 0 bridgehead atoms. The van der Waals surface area contributed by atoms with E-state index in [1.54, 1.807) is 0 Å². The predicted molar refractivity (Wildman–Crippen MR) is 59.5 cm³/mol. The van der Waals surface area contributed by atoms with Gasteiger partial charge in [0.2, 0.25) is 5.91 Å². The second kappa shape index (κ2) is 6.08. The van der Waals surface area contributed by atoms with Crippen LogP contribution in [0, 0.1) is 0 Å². The van der Waals surface area contributed by atoms with Gasteiger partial charge < -0.3 is 15.4 Å². The third-order valence-corrected chi connectivity index (χ3v) is 2.68. The normalized spacial score (nSPS) is 24.7. The molecule has 0 aliphatic carbocycles. The number of hydrogen-bond donors (Lipinski definition) is 1. The summed E-state index contributed by atoms with van der Waals surface area (Å²) in [4.78, 5) is 13.8. The molecule has 1 saturated heterocycles. The molecule has 0 spiro atoms. The molecule has 0 radical (unpaired) electrons. The zero-order valence-electron chi connectivity index (χ0n) is 9.74. The third kappa shape index (κ3) is 3.80. The first-order chi connectivity index (χ1) is 7.15. The molecule has 2 N–H and O–H groups in total. The summed E-state index contributed by atoms with van der Waals surface area (Å²) in [7, 11) is 0. The molecule has 88 valence electrons. The lowest BCUT2D eigenvalue weighted by Crippen LogP contribution is -2.45. The van der Waals surface area contributed by atoms with Crippen molar-refractivity contribution in [3.8, 4) is 0 Å². The second-order valence-electron chi connectivity index (χ2n) is 4.21. The van der Waals surface area contributed by atoms with E-state index in [1.807, 2.05) is 18.7 Å². The fraction of sp³-hybridized carbons (Fsp3) is 0.909. The highest BCUT2D eigenvalue weighted by Gasteiger charge is 2.23. The van der Waals surface area contributed by atoms with E-state index in [1.165, 1.54) is 0 Å². The lowest BCUT2D eigenvalue weighted by molar-refractivity contribution is -0.133. The van der Waals surface area contributed by atoms with Crippen LogP contribution in [0.3, 0.4) is 0 Å². The van der Waals surface area contributed by atoms with Gasteiger partial charge in [0.25, 0.3) is 0 Å². The fourth-order valence-electron chi connectivity index (χ4n) is 1.86. The van der Waals surface area contributed by atoms with E-state index < -0.39 is 0 Å². The molecular formula is C11H22N2O2. The van der Waals surface area contributed by atoms with E-state index in [9.17, 15) is 4.79 Å². The highest BCUT2D eigenvalue weighted by Crippen LogP contribution is 2.08. The molecule has 2 unspecified atom stereocenters. The number of amides is 1. The molecule has 0 aromatic heterocycles. The van der Waals surface area contributed by atoms with Crippen LogP contribution < -0.4 is 5.73 Å². The molecule has 1 amide bonds. The van der Waals surface area contributed by atoms with E-state index in [0.717, 1.165) is 32.4 Å². The van der Waals surface area contributed by atoms with Gasteiger partial charge in [-0.3, -0.25) is 4.79 Å². The Balaban J connectivity index is 2.49. The zero-order valence-corrected chi connectivity index (χ0v) is 9.74. The van der Waals surface area contributed by atoms with Crippen LogP contribution in [0.4, 0.5) is 0 Å². The van der Waals surface area contributed by atoms with Gasteiger partial charge in [-0.1, -0.05) is 13.3 Å². The molecule has 2 atom stereocenters. The summed E-state index contributed by atoms with van der Waals surface area (Å²) >= 11 is 0. The first kappa shape index (κ1) is 12.5. The second-order valence-corrected chi connectivity index (χ2v) is 4.21. The van der Waals surface area contributed by atoms with Gasteiger partial charge in [-0.05, 0) is 19.8 Å². The molecule has 4 nitrogen and oxygen atoms in total. The van der Waals surface area contributed by atoms with E-state index >= 15 is 0 Å². The van der Waals surface area contributed by atoms with E-state index in [-0.39, 0.29) is 18.1 Å². The molecule has 0 aromatic rings. The third-order valence-electron chi connectivity index (χ3n) is 2.68. The Morgan fingerprint density at radius 1 is 1.67 bits per heavy atom. The minimum atomic E-state index is -0.333. The average molecular weight is 214 g/mol. The summed E-state index contributed by atoms with van der Waals surface area (Å²) < 4.78 is 5.49. The predicted octanol–water partition coefficient (Wildman–Crippen LogP) is 0.751. The van der Waals surface area contributed by atoms with Crippen LogP contribution in [0.2, 0.25) is 0 Å². The van der Waals surface area contributed by atoms with Gasteiger partial charge in [0.1, 0.15) is 0 Å². The Bertz CT molecular complexity index is 209. The van der Waals surface area contributed by atoms with Crippen molar-refractivity contribution < 1.29 is 9.53 Å². The maximum Gasteiger partial charge on any atom is 0.239 e. The number of carbonyl (C=O) groups excluding carboxylic acids is 1. The van der Waals surface area contributed by atoms with Gasteiger partial charge in [-0.25, -0.2) is 0 Å². The van der Waals surface area contributed by atoms with Crippen molar-refractivity contribution in [3.05, 3.63) is 0 Å². The van der Waals surface area contributed by atoms with Crippen LogP contribution in [0.1, 0.15) is 33.1 Å². The minimum absolute atomic E-state index is 0.0780. The lowest BCUT2D eigenvalue weighted by Gasteiger charge is -2.25. The van der Waals surface area contributed by atoms with E-state index in [4.69, 9.17) is 10.5 Å². The van der Waals surface area contributed by atoms with Crippen molar-refractivity contribution >= 4 is 5.91 Å². The van der Waals surface area contributed by atoms with Gasteiger partial charge in [-0.15, -0.1) is 0 Å². The van der Waals surface area contributed by atoms with E-state index in [0.29, 0.717) is 6.54 Å². The number of ether oxygens (including phenoxy) is 1. The molecule has 1 rings (SSSR count). The standard InChI is InChI=1S/C11H22N2O2/c1-3-5-10(12)11(14)13-6-4-7-15-9(2)8-13/h9-10H,3-8,12H2,1-2H3. The Morgan fingerprint density at radius 2 is 2.40 bits per heavy atom. The summed E-state index contributed by atoms with van der Waals surface area (Å²) in [6.45, 7) is 6.24. The van der Waals surface area contributed by atoms with Gasteiger partial charge in [0.05, 0.1) is 12.1 Å². The Labute approximate surface area is 91.8 Å². The van der Waals surface area contributed by atoms with Crippen molar-refractivity contribution in [2.45, 2.75) is 45.3 Å². The number of nitrogens with two attached hydrogens (primary N) is 1. The van der Waals surface area contributed by atoms with Crippen molar-refractivity contribution in [2.24, 2.45) is 5.73 Å². The Kier molecular flexibility index (Phi) is 5.05. The van der Waals surface area contributed by atoms with Crippen LogP contribution in [-0.4, -0.2) is 42.6 Å². The van der Waals surface area contributed by atoms with Crippen molar-refractivity contribution in [2.75, 3.05) is 19.7 Å². The molecule has 15 heavy (non-hydrogen) atoms. The zero-order chi connectivity index (χ0) is 11.3. The van der Waals surface area contributed by atoms with Crippen LogP contribution in [0.5, 0.6) is 0 Å². The van der Waals surface area contributed by atoms with E-state index in [2.05, 4.69) is 0 Å². The number of rotatable bonds is 3. The highest BCUT2D eigenvalue weighted by atomic mass is 16.5. The smallest absolute Gasteiger partial charge is 0.239 e. The molecule has 1 aliphatic heterocycles. The minimum Gasteiger partial charge on any atom is -0.377 e. The number of hydrogen-bond acceptors (Lipinski definition) is 3. The first-order valence-corrected chi connectivity index (χ1v) is 5.81.